The summed E-state index contributed by atoms with van der Waals surface area (Å²) in [6.45, 7) is -0.228. The van der Waals surface area contributed by atoms with Gasteiger partial charge >= 0.3 is 0 Å². The molecule has 0 amide bonds. The number of methoxy groups -OCH3 is 1. The van der Waals surface area contributed by atoms with E-state index in [0.29, 0.717) is 22.8 Å². The fourth-order valence-electron chi connectivity index (χ4n) is 2.45. The van der Waals surface area contributed by atoms with E-state index in [4.69, 9.17) is 9.26 Å². The summed E-state index contributed by atoms with van der Waals surface area (Å²) in [6.07, 6.45) is 7.18. The van der Waals surface area contributed by atoms with Crippen LogP contribution < -0.4 is 4.74 Å². The first-order chi connectivity index (χ1) is 13.1. The Morgan fingerprint density at radius 1 is 0.926 bits per heavy atom. The molecule has 0 fully saturated rings. The number of hydrogen-bond donors (Lipinski definition) is 3. The molecule has 27 heavy (non-hydrogen) atoms. The predicted octanol–water partition coefficient (Wildman–Crippen LogP) is 3.93. The van der Waals surface area contributed by atoms with Crippen molar-refractivity contribution in [3.63, 3.8) is 0 Å². The van der Waals surface area contributed by atoms with Crippen molar-refractivity contribution in [1.29, 1.82) is 0 Å². The van der Waals surface area contributed by atoms with Crippen LogP contribution in [-0.2, 0) is 6.61 Å². The van der Waals surface area contributed by atoms with Gasteiger partial charge in [-0.25, -0.2) is 0 Å². The first-order valence-electron chi connectivity index (χ1n) is 8.21. The lowest BCUT2D eigenvalue weighted by atomic mass is 10.1. The number of aliphatic hydroxyl groups is 1. The molecule has 0 radical (unpaired) electrons. The SMILES string of the molecule is COc1cc(/C=C/c2cc(/C=C/c3ccc(O)c(CO)c3)no2)ccc1O. The summed E-state index contributed by atoms with van der Waals surface area (Å²) >= 11 is 0. The minimum atomic E-state index is -0.228. The van der Waals surface area contributed by atoms with E-state index in [0.717, 1.165) is 11.1 Å². The van der Waals surface area contributed by atoms with Gasteiger partial charge in [-0.15, -0.1) is 0 Å². The molecule has 3 aromatic rings. The average Bonchev–Trinajstić information content (AvgIpc) is 3.14. The van der Waals surface area contributed by atoms with Crippen LogP contribution in [-0.4, -0.2) is 27.6 Å². The van der Waals surface area contributed by atoms with Crippen molar-refractivity contribution in [3.05, 3.63) is 70.6 Å². The lowest BCUT2D eigenvalue weighted by Gasteiger charge is -2.03. The van der Waals surface area contributed by atoms with Crippen molar-refractivity contribution in [2.45, 2.75) is 6.61 Å². The third kappa shape index (κ3) is 4.56. The Kier molecular flexibility index (Phi) is 5.58. The molecule has 0 aliphatic carbocycles. The van der Waals surface area contributed by atoms with E-state index in [1.54, 1.807) is 48.6 Å². The predicted molar refractivity (Wildman–Crippen MR) is 103 cm³/mol. The van der Waals surface area contributed by atoms with Crippen molar-refractivity contribution in [3.8, 4) is 17.2 Å². The Balaban J connectivity index is 1.71. The van der Waals surface area contributed by atoms with Crippen LogP contribution in [0.1, 0.15) is 28.1 Å². The molecule has 3 rings (SSSR count). The van der Waals surface area contributed by atoms with Crippen LogP contribution in [0.5, 0.6) is 17.2 Å². The fourth-order valence-corrected chi connectivity index (χ4v) is 2.45. The summed E-state index contributed by atoms with van der Waals surface area (Å²) in [6, 6.07) is 11.8. The summed E-state index contributed by atoms with van der Waals surface area (Å²) in [7, 11) is 1.50. The van der Waals surface area contributed by atoms with Gasteiger partial charge in [-0.05, 0) is 47.5 Å². The van der Waals surface area contributed by atoms with Gasteiger partial charge in [0.25, 0.3) is 0 Å². The zero-order valence-corrected chi connectivity index (χ0v) is 14.7. The Morgan fingerprint density at radius 2 is 1.63 bits per heavy atom. The van der Waals surface area contributed by atoms with E-state index in [-0.39, 0.29) is 18.1 Å². The van der Waals surface area contributed by atoms with Crippen molar-refractivity contribution in [1.82, 2.24) is 5.16 Å². The lowest BCUT2D eigenvalue weighted by molar-refractivity contribution is 0.275. The third-order valence-electron chi connectivity index (χ3n) is 3.91. The standard InChI is InChI=1S/C21H19NO5/c1-26-21-11-15(5-9-20(21)25)3-7-18-12-17(22-27-18)6-2-14-4-8-19(24)16(10-14)13-23/h2-12,23-25H,13H2,1H3/b6-2+,7-3+. The molecule has 0 atom stereocenters. The molecule has 6 nitrogen and oxygen atoms in total. The number of hydrogen-bond acceptors (Lipinski definition) is 6. The van der Waals surface area contributed by atoms with Gasteiger partial charge in [-0.1, -0.05) is 29.4 Å². The molecule has 1 heterocycles. The average molecular weight is 365 g/mol. The van der Waals surface area contributed by atoms with Crippen molar-refractivity contribution in [2.24, 2.45) is 0 Å². The van der Waals surface area contributed by atoms with Crippen LogP contribution in [0.2, 0.25) is 0 Å². The number of aliphatic hydroxyl groups excluding tert-OH is 1. The number of nitrogens with zero attached hydrogens (tertiary/aromatic N) is 1. The van der Waals surface area contributed by atoms with Gasteiger partial charge in [0.2, 0.25) is 0 Å². The Morgan fingerprint density at radius 3 is 2.37 bits per heavy atom. The van der Waals surface area contributed by atoms with E-state index in [1.807, 2.05) is 12.2 Å². The first kappa shape index (κ1) is 18.3. The molecular weight excluding hydrogens is 346 g/mol. The highest BCUT2D eigenvalue weighted by Crippen LogP contribution is 2.27. The van der Waals surface area contributed by atoms with Gasteiger partial charge in [-0.2, -0.15) is 0 Å². The quantitative estimate of drug-likeness (QED) is 0.613. The maximum absolute atomic E-state index is 9.61. The van der Waals surface area contributed by atoms with Crippen LogP contribution in [0.25, 0.3) is 24.3 Å². The molecule has 0 bridgehead atoms. The highest BCUT2D eigenvalue weighted by Gasteiger charge is 2.03. The van der Waals surface area contributed by atoms with E-state index in [2.05, 4.69) is 5.16 Å². The maximum atomic E-state index is 9.61. The second-order valence-electron chi connectivity index (χ2n) is 5.80. The first-order valence-corrected chi connectivity index (χ1v) is 8.21. The number of phenols is 2. The van der Waals surface area contributed by atoms with Crippen LogP contribution in [0.3, 0.4) is 0 Å². The van der Waals surface area contributed by atoms with Crippen LogP contribution >= 0.6 is 0 Å². The molecule has 0 aliphatic rings. The highest BCUT2D eigenvalue weighted by atomic mass is 16.5. The Bertz CT molecular complexity index is 910. The molecule has 6 heteroatoms. The molecule has 0 unspecified atom stereocenters. The number of aromatic hydroxyl groups is 2. The monoisotopic (exact) mass is 365 g/mol. The summed E-state index contributed by atoms with van der Waals surface area (Å²) in [5.74, 6) is 1.12. The molecular formula is C21H19NO5. The van der Waals surface area contributed by atoms with Crippen molar-refractivity contribution >= 4 is 24.3 Å². The second-order valence-corrected chi connectivity index (χ2v) is 5.80. The van der Waals surface area contributed by atoms with E-state index in [1.165, 1.54) is 13.2 Å². The minimum absolute atomic E-state index is 0.0642. The van der Waals surface area contributed by atoms with Gasteiger partial charge in [0, 0.05) is 11.6 Å². The smallest absolute Gasteiger partial charge is 0.161 e. The Hall–Kier alpha value is -3.51. The molecule has 2 aromatic carbocycles. The number of aromatic nitrogens is 1. The number of ether oxygens (including phenoxy) is 1. The van der Waals surface area contributed by atoms with E-state index < -0.39 is 0 Å². The van der Waals surface area contributed by atoms with E-state index in [9.17, 15) is 15.3 Å². The van der Waals surface area contributed by atoms with Gasteiger partial charge < -0.3 is 24.6 Å². The van der Waals surface area contributed by atoms with Gasteiger partial charge in [0.05, 0.1) is 13.7 Å². The molecule has 0 saturated heterocycles. The maximum Gasteiger partial charge on any atom is 0.161 e. The lowest BCUT2D eigenvalue weighted by Crippen LogP contribution is -1.85. The molecule has 0 aliphatic heterocycles. The molecule has 0 spiro atoms. The number of rotatable bonds is 6. The van der Waals surface area contributed by atoms with Gasteiger partial charge in [0.15, 0.2) is 17.3 Å². The molecule has 3 N–H and O–H groups in total. The third-order valence-corrected chi connectivity index (χ3v) is 3.91. The van der Waals surface area contributed by atoms with E-state index >= 15 is 0 Å². The summed E-state index contributed by atoms with van der Waals surface area (Å²) in [5.41, 5.74) is 2.77. The van der Waals surface area contributed by atoms with Crippen LogP contribution in [0, 0.1) is 0 Å². The number of benzene rings is 2. The minimum Gasteiger partial charge on any atom is -0.508 e. The Labute approximate surface area is 156 Å². The second kappa shape index (κ2) is 8.25. The zero-order valence-electron chi connectivity index (χ0n) is 14.7. The normalized spacial score (nSPS) is 11.5. The van der Waals surface area contributed by atoms with Crippen LogP contribution in [0.4, 0.5) is 0 Å². The fraction of sp³-hybridized carbons (Fsp3) is 0.0952. The van der Waals surface area contributed by atoms with Crippen LogP contribution in [0.15, 0.2) is 47.0 Å². The molecule has 1 aromatic heterocycles. The number of phenolic OH excluding ortho intramolecular Hbond substituents is 1. The molecule has 0 saturated carbocycles. The van der Waals surface area contributed by atoms with Crippen molar-refractivity contribution < 1.29 is 24.6 Å². The summed E-state index contributed by atoms with van der Waals surface area (Å²) in [5, 5.41) is 32.4. The molecule has 138 valence electrons. The van der Waals surface area contributed by atoms with Crippen molar-refractivity contribution in [2.75, 3.05) is 7.11 Å². The summed E-state index contributed by atoms with van der Waals surface area (Å²) < 4.78 is 10.3. The summed E-state index contributed by atoms with van der Waals surface area (Å²) in [4.78, 5) is 0. The van der Waals surface area contributed by atoms with Gasteiger partial charge in [-0.3, -0.25) is 0 Å². The largest absolute Gasteiger partial charge is 0.508 e. The topological polar surface area (TPSA) is 96.0 Å². The zero-order chi connectivity index (χ0) is 19.2. The van der Waals surface area contributed by atoms with Gasteiger partial charge in [0.1, 0.15) is 11.4 Å². The highest BCUT2D eigenvalue weighted by molar-refractivity contribution is 5.72.